The number of hydrogen-bond donors (Lipinski definition) is 2. The summed E-state index contributed by atoms with van der Waals surface area (Å²) in [5, 5.41) is 11.6. The number of carboxylic acid groups (broad SMARTS) is 1. The van der Waals surface area contributed by atoms with E-state index in [9.17, 15) is 9.59 Å². The van der Waals surface area contributed by atoms with E-state index in [1.54, 1.807) is 0 Å². The quantitative estimate of drug-likeness (QED) is 0.802. The molecule has 3 rings (SSSR count). The number of nitrogens with one attached hydrogen (secondary N) is 1. The molecule has 2 fully saturated rings. The summed E-state index contributed by atoms with van der Waals surface area (Å²) < 4.78 is 5.78. The molecule has 2 N–H and O–H groups in total. The van der Waals surface area contributed by atoms with Crippen LogP contribution in [0, 0.1) is 17.8 Å². The Kier molecular flexibility index (Phi) is 3.82. The van der Waals surface area contributed by atoms with E-state index >= 15 is 0 Å². The zero-order valence-corrected chi connectivity index (χ0v) is 11.7. The molecule has 5 nitrogen and oxygen atoms in total. The van der Waals surface area contributed by atoms with Crippen LogP contribution in [0.4, 0.5) is 0 Å². The molecule has 5 heteroatoms. The van der Waals surface area contributed by atoms with Gasteiger partial charge in [0.15, 0.2) is 0 Å². The smallest absolute Gasteiger partial charge is 0.307 e. The summed E-state index contributed by atoms with van der Waals surface area (Å²) in [5.41, 5.74) is 0.930. The van der Waals surface area contributed by atoms with E-state index in [1.807, 2.05) is 24.3 Å². The van der Waals surface area contributed by atoms with Crippen molar-refractivity contribution in [3.8, 4) is 5.75 Å². The molecular weight excluding hydrogens is 270 g/mol. The zero-order chi connectivity index (χ0) is 14.8. The molecule has 2 saturated carbocycles. The highest BCUT2D eigenvalue weighted by Gasteiger charge is 2.48. The van der Waals surface area contributed by atoms with Gasteiger partial charge in [-0.15, -0.1) is 0 Å². The molecular formula is C16H19NO4. The molecule has 1 aromatic rings. The van der Waals surface area contributed by atoms with E-state index in [0.29, 0.717) is 18.9 Å². The number of carboxylic acids is 1. The molecule has 0 aromatic heterocycles. The topological polar surface area (TPSA) is 75.6 Å². The SMILES string of the molecule is O=C(O)C1CC1C(=O)NCc1ccccc1OCC1CC1. The number of amides is 1. The van der Waals surface area contributed by atoms with Crippen molar-refractivity contribution in [1.82, 2.24) is 5.32 Å². The van der Waals surface area contributed by atoms with Crippen molar-refractivity contribution < 1.29 is 19.4 Å². The summed E-state index contributed by atoms with van der Waals surface area (Å²) in [4.78, 5) is 22.6. The molecule has 0 bridgehead atoms. The van der Waals surface area contributed by atoms with E-state index in [-0.39, 0.29) is 11.8 Å². The maximum absolute atomic E-state index is 11.9. The summed E-state index contributed by atoms with van der Waals surface area (Å²) in [6, 6.07) is 7.64. The number of carbonyl (C=O) groups excluding carboxylic acids is 1. The van der Waals surface area contributed by atoms with Crippen molar-refractivity contribution in [3.63, 3.8) is 0 Å². The first-order valence-corrected chi connectivity index (χ1v) is 7.36. The highest BCUT2D eigenvalue weighted by Crippen LogP contribution is 2.38. The first kappa shape index (κ1) is 13.9. The highest BCUT2D eigenvalue weighted by atomic mass is 16.5. The van der Waals surface area contributed by atoms with Crippen molar-refractivity contribution in [2.45, 2.75) is 25.8 Å². The van der Waals surface area contributed by atoms with Gasteiger partial charge in [-0.05, 0) is 31.2 Å². The van der Waals surface area contributed by atoms with Crippen LogP contribution in [0.3, 0.4) is 0 Å². The Hall–Kier alpha value is -2.04. The third-order valence-electron chi connectivity index (χ3n) is 4.04. The van der Waals surface area contributed by atoms with Gasteiger partial charge in [-0.3, -0.25) is 9.59 Å². The monoisotopic (exact) mass is 289 g/mol. The molecule has 1 amide bonds. The van der Waals surface area contributed by atoms with Gasteiger partial charge in [0.25, 0.3) is 0 Å². The Morgan fingerprint density at radius 2 is 2.00 bits per heavy atom. The number of ether oxygens (including phenoxy) is 1. The minimum absolute atomic E-state index is 0.181. The van der Waals surface area contributed by atoms with Gasteiger partial charge in [-0.25, -0.2) is 0 Å². The van der Waals surface area contributed by atoms with Crippen molar-refractivity contribution in [2.24, 2.45) is 17.8 Å². The minimum Gasteiger partial charge on any atom is -0.493 e. The predicted octanol–water partition coefficient (Wildman–Crippen LogP) is 1.81. The van der Waals surface area contributed by atoms with Crippen molar-refractivity contribution >= 4 is 11.9 Å². The van der Waals surface area contributed by atoms with Crippen LogP contribution in [0.2, 0.25) is 0 Å². The Morgan fingerprint density at radius 1 is 1.24 bits per heavy atom. The fourth-order valence-corrected chi connectivity index (χ4v) is 2.35. The molecule has 0 heterocycles. The average molecular weight is 289 g/mol. The fourth-order valence-electron chi connectivity index (χ4n) is 2.35. The molecule has 2 aliphatic rings. The van der Waals surface area contributed by atoms with Crippen LogP contribution in [0.15, 0.2) is 24.3 Å². The lowest BCUT2D eigenvalue weighted by Gasteiger charge is -2.12. The molecule has 21 heavy (non-hydrogen) atoms. The minimum atomic E-state index is -0.886. The molecule has 1 aromatic carbocycles. The van der Waals surface area contributed by atoms with E-state index in [1.165, 1.54) is 12.8 Å². The van der Waals surface area contributed by atoms with Crippen molar-refractivity contribution in [1.29, 1.82) is 0 Å². The molecule has 0 radical (unpaired) electrons. The van der Waals surface area contributed by atoms with Gasteiger partial charge in [0.05, 0.1) is 18.4 Å². The summed E-state index contributed by atoms with van der Waals surface area (Å²) in [7, 11) is 0. The summed E-state index contributed by atoms with van der Waals surface area (Å²) >= 11 is 0. The third kappa shape index (κ3) is 3.54. The maximum atomic E-state index is 11.9. The molecule has 112 valence electrons. The summed E-state index contributed by atoms with van der Waals surface area (Å²) in [5.74, 6) is -0.471. The van der Waals surface area contributed by atoms with Crippen LogP contribution >= 0.6 is 0 Å². The molecule has 0 saturated heterocycles. The van der Waals surface area contributed by atoms with Gasteiger partial charge in [0, 0.05) is 12.1 Å². The second-order valence-corrected chi connectivity index (χ2v) is 5.87. The second-order valence-electron chi connectivity index (χ2n) is 5.87. The van der Waals surface area contributed by atoms with Crippen LogP contribution in [0.1, 0.15) is 24.8 Å². The molecule has 0 spiro atoms. The van der Waals surface area contributed by atoms with E-state index in [4.69, 9.17) is 9.84 Å². The van der Waals surface area contributed by atoms with E-state index < -0.39 is 11.9 Å². The van der Waals surface area contributed by atoms with Crippen molar-refractivity contribution in [2.75, 3.05) is 6.61 Å². The second kappa shape index (κ2) is 5.76. The Balaban J connectivity index is 1.52. The van der Waals surface area contributed by atoms with Gasteiger partial charge in [0.1, 0.15) is 5.75 Å². The van der Waals surface area contributed by atoms with Gasteiger partial charge in [0.2, 0.25) is 5.91 Å². The van der Waals surface area contributed by atoms with Gasteiger partial charge < -0.3 is 15.2 Å². The first-order valence-electron chi connectivity index (χ1n) is 7.36. The standard InChI is InChI=1S/C16H19NO4/c18-15(12-7-13(12)16(19)20)17-8-11-3-1-2-4-14(11)21-9-10-5-6-10/h1-4,10,12-13H,5-9H2,(H,17,18)(H,19,20). The normalized spacial score (nSPS) is 23.4. The van der Waals surface area contributed by atoms with Crippen LogP contribution in [-0.4, -0.2) is 23.6 Å². The summed E-state index contributed by atoms with van der Waals surface area (Å²) in [6.07, 6.45) is 2.91. The maximum Gasteiger partial charge on any atom is 0.307 e. The van der Waals surface area contributed by atoms with Gasteiger partial charge in [-0.2, -0.15) is 0 Å². The van der Waals surface area contributed by atoms with Gasteiger partial charge in [-0.1, -0.05) is 18.2 Å². The van der Waals surface area contributed by atoms with E-state index in [0.717, 1.165) is 17.9 Å². The Labute approximate surface area is 123 Å². The molecule has 2 aliphatic carbocycles. The van der Waals surface area contributed by atoms with Crippen LogP contribution in [0.5, 0.6) is 5.75 Å². The molecule has 0 aliphatic heterocycles. The summed E-state index contributed by atoms with van der Waals surface area (Å²) in [6.45, 7) is 1.11. The molecule has 2 atom stereocenters. The van der Waals surface area contributed by atoms with Crippen molar-refractivity contribution in [3.05, 3.63) is 29.8 Å². The number of para-hydroxylation sites is 1. The van der Waals surface area contributed by atoms with Crippen LogP contribution < -0.4 is 10.1 Å². The largest absolute Gasteiger partial charge is 0.493 e. The number of aliphatic carboxylic acids is 1. The number of hydrogen-bond acceptors (Lipinski definition) is 3. The molecule has 2 unspecified atom stereocenters. The first-order chi connectivity index (χ1) is 10.1. The lowest BCUT2D eigenvalue weighted by Crippen LogP contribution is -2.26. The average Bonchev–Trinajstić information content (AvgIpc) is 3.37. The number of carbonyl (C=O) groups is 2. The number of rotatable bonds is 7. The lowest BCUT2D eigenvalue weighted by atomic mass is 10.2. The third-order valence-corrected chi connectivity index (χ3v) is 4.04. The Morgan fingerprint density at radius 3 is 2.67 bits per heavy atom. The van der Waals surface area contributed by atoms with E-state index in [2.05, 4.69) is 5.32 Å². The number of benzene rings is 1. The van der Waals surface area contributed by atoms with Gasteiger partial charge >= 0.3 is 5.97 Å². The highest BCUT2D eigenvalue weighted by molar-refractivity contribution is 5.89. The lowest BCUT2D eigenvalue weighted by molar-refractivity contribution is -0.140. The Bertz CT molecular complexity index is 553. The van der Waals surface area contributed by atoms with Crippen LogP contribution in [0.25, 0.3) is 0 Å². The zero-order valence-electron chi connectivity index (χ0n) is 11.7. The van der Waals surface area contributed by atoms with Crippen LogP contribution in [-0.2, 0) is 16.1 Å². The fraction of sp³-hybridized carbons (Fsp3) is 0.500. The predicted molar refractivity (Wildman–Crippen MR) is 75.7 cm³/mol.